The lowest BCUT2D eigenvalue weighted by Crippen LogP contribution is -2.47. The van der Waals surface area contributed by atoms with Crippen molar-refractivity contribution in [3.8, 4) is 0 Å². The predicted octanol–water partition coefficient (Wildman–Crippen LogP) is 5.18. The molecular weight excluding hydrogens is 290 g/mol. The standard InChI is InChI=1S/C16H26ClNOS/c1-3-12-18-15(13-8-9-14(17)20-13)16(19-4-2)10-6-5-7-11-16/h8-9,15,18H,3-7,10-12H2,1-2H3. The first kappa shape index (κ1) is 16.3. The fourth-order valence-electron chi connectivity index (χ4n) is 3.27. The van der Waals surface area contributed by atoms with Crippen molar-refractivity contribution in [2.45, 2.75) is 64.0 Å². The van der Waals surface area contributed by atoms with Crippen molar-refractivity contribution in [2.24, 2.45) is 0 Å². The molecule has 0 radical (unpaired) electrons. The average molecular weight is 316 g/mol. The van der Waals surface area contributed by atoms with Crippen LogP contribution >= 0.6 is 22.9 Å². The first-order chi connectivity index (χ1) is 9.72. The summed E-state index contributed by atoms with van der Waals surface area (Å²) in [7, 11) is 0. The zero-order valence-electron chi connectivity index (χ0n) is 12.6. The Morgan fingerprint density at radius 3 is 2.60 bits per heavy atom. The van der Waals surface area contributed by atoms with Crippen LogP contribution in [-0.4, -0.2) is 18.8 Å². The maximum Gasteiger partial charge on any atom is 0.0931 e. The Hall–Kier alpha value is -0.0900. The van der Waals surface area contributed by atoms with Gasteiger partial charge in [0.15, 0.2) is 0 Å². The minimum Gasteiger partial charge on any atom is -0.373 e. The van der Waals surface area contributed by atoms with Crippen molar-refractivity contribution in [2.75, 3.05) is 13.2 Å². The topological polar surface area (TPSA) is 21.3 Å². The van der Waals surface area contributed by atoms with Gasteiger partial charge in [-0.3, -0.25) is 0 Å². The van der Waals surface area contributed by atoms with Gasteiger partial charge in [-0.15, -0.1) is 11.3 Å². The maximum absolute atomic E-state index is 6.29. The van der Waals surface area contributed by atoms with Gasteiger partial charge in [0.25, 0.3) is 0 Å². The number of ether oxygens (including phenoxy) is 1. The van der Waals surface area contributed by atoms with Gasteiger partial charge in [0, 0.05) is 11.5 Å². The van der Waals surface area contributed by atoms with Crippen LogP contribution in [0.4, 0.5) is 0 Å². The average Bonchev–Trinajstić information content (AvgIpc) is 2.87. The largest absolute Gasteiger partial charge is 0.373 e. The molecule has 1 unspecified atom stereocenters. The summed E-state index contributed by atoms with van der Waals surface area (Å²) >= 11 is 7.84. The minimum atomic E-state index is -0.0453. The van der Waals surface area contributed by atoms with Crippen LogP contribution in [0.2, 0.25) is 4.34 Å². The van der Waals surface area contributed by atoms with Gasteiger partial charge >= 0.3 is 0 Å². The van der Waals surface area contributed by atoms with E-state index < -0.39 is 0 Å². The summed E-state index contributed by atoms with van der Waals surface area (Å²) in [6.45, 7) is 6.12. The molecule has 1 aliphatic carbocycles. The summed E-state index contributed by atoms with van der Waals surface area (Å²) in [5.74, 6) is 0. The van der Waals surface area contributed by atoms with Crippen LogP contribution in [0.25, 0.3) is 0 Å². The summed E-state index contributed by atoms with van der Waals surface area (Å²) < 4.78 is 7.16. The van der Waals surface area contributed by atoms with E-state index >= 15 is 0 Å². The summed E-state index contributed by atoms with van der Waals surface area (Å²) in [4.78, 5) is 1.32. The lowest BCUT2D eigenvalue weighted by atomic mass is 9.78. The third-order valence-corrected chi connectivity index (χ3v) is 5.43. The number of nitrogens with one attached hydrogen (secondary N) is 1. The van der Waals surface area contributed by atoms with Gasteiger partial charge < -0.3 is 10.1 Å². The second-order valence-corrected chi connectivity index (χ2v) is 7.33. The van der Waals surface area contributed by atoms with Gasteiger partial charge in [0.2, 0.25) is 0 Å². The van der Waals surface area contributed by atoms with Gasteiger partial charge in [0.05, 0.1) is 16.0 Å². The van der Waals surface area contributed by atoms with Gasteiger partial charge in [-0.2, -0.15) is 0 Å². The Kier molecular flexibility index (Phi) is 6.34. The lowest BCUT2D eigenvalue weighted by molar-refractivity contribution is -0.0904. The Morgan fingerprint density at radius 2 is 2.05 bits per heavy atom. The van der Waals surface area contributed by atoms with Crippen LogP contribution < -0.4 is 5.32 Å². The van der Waals surface area contributed by atoms with E-state index in [9.17, 15) is 0 Å². The van der Waals surface area contributed by atoms with Crippen molar-refractivity contribution in [3.05, 3.63) is 21.3 Å². The number of hydrogen-bond acceptors (Lipinski definition) is 3. The highest BCUT2D eigenvalue weighted by Gasteiger charge is 2.41. The molecule has 2 nitrogen and oxygen atoms in total. The van der Waals surface area contributed by atoms with Gasteiger partial charge in [-0.05, 0) is 44.9 Å². The van der Waals surface area contributed by atoms with E-state index in [2.05, 4.69) is 25.2 Å². The van der Waals surface area contributed by atoms with Crippen LogP contribution in [0, 0.1) is 0 Å². The van der Waals surface area contributed by atoms with Crippen molar-refractivity contribution < 1.29 is 4.74 Å². The summed E-state index contributed by atoms with van der Waals surface area (Å²) in [5.41, 5.74) is -0.0453. The third kappa shape index (κ3) is 3.76. The predicted molar refractivity (Wildman–Crippen MR) is 87.8 cm³/mol. The Bertz CT molecular complexity index is 395. The lowest BCUT2D eigenvalue weighted by Gasteiger charge is -2.43. The molecule has 20 heavy (non-hydrogen) atoms. The zero-order valence-corrected chi connectivity index (χ0v) is 14.2. The number of hydrogen-bond donors (Lipinski definition) is 1. The Labute approximate surface area is 131 Å². The number of thiophene rings is 1. The SMILES string of the molecule is CCCNC(c1ccc(Cl)s1)C1(OCC)CCCCC1. The first-order valence-corrected chi connectivity index (χ1v) is 9.04. The number of rotatable bonds is 7. The molecule has 0 spiro atoms. The molecule has 4 heteroatoms. The molecule has 1 heterocycles. The normalized spacial score (nSPS) is 19.9. The van der Waals surface area contributed by atoms with Crippen molar-refractivity contribution >= 4 is 22.9 Å². The molecule has 0 bridgehead atoms. The third-order valence-electron chi connectivity index (χ3n) is 4.13. The molecule has 1 aromatic heterocycles. The molecule has 1 aromatic rings. The van der Waals surface area contributed by atoms with Crippen molar-refractivity contribution in [1.29, 1.82) is 0 Å². The van der Waals surface area contributed by atoms with Gasteiger partial charge in [-0.1, -0.05) is 37.8 Å². The molecule has 2 rings (SSSR count). The van der Waals surface area contributed by atoms with Gasteiger partial charge in [-0.25, -0.2) is 0 Å². The van der Waals surface area contributed by atoms with E-state index in [1.54, 1.807) is 11.3 Å². The number of halogens is 1. The van der Waals surface area contributed by atoms with E-state index in [-0.39, 0.29) is 11.6 Å². The fourth-order valence-corrected chi connectivity index (χ4v) is 4.52. The van der Waals surface area contributed by atoms with E-state index in [0.717, 1.165) is 36.8 Å². The van der Waals surface area contributed by atoms with Crippen LogP contribution in [0.5, 0.6) is 0 Å². The summed E-state index contributed by atoms with van der Waals surface area (Å²) in [5, 5.41) is 3.72. The highest BCUT2D eigenvalue weighted by Crippen LogP contribution is 2.43. The van der Waals surface area contributed by atoms with Crippen LogP contribution in [0.15, 0.2) is 12.1 Å². The second-order valence-electron chi connectivity index (χ2n) is 5.59. The molecule has 1 saturated carbocycles. The van der Waals surface area contributed by atoms with Crippen LogP contribution in [0.3, 0.4) is 0 Å². The highest BCUT2D eigenvalue weighted by atomic mass is 35.5. The van der Waals surface area contributed by atoms with E-state index in [1.165, 1.54) is 24.1 Å². The summed E-state index contributed by atoms with van der Waals surface area (Å²) in [6, 6.07) is 4.44. The molecule has 1 fully saturated rings. The quantitative estimate of drug-likeness (QED) is 0.748. The smallest absolute Gasteiger partial charge is 0.0931 e. The Morgan fingerprint density at radius 1 is 1.30 bits per heavy atom. The summed E-state index contributed by atoms with van der Waals surface area (Å²) in [6.07, 6.45) is 7.31. The zero-order chi connectivity index (χ0) is 14.4. The molecule has 0 amide bonds. The molecule has 1 N–H and O–H groups in total. The van der Waals surface area contributed by atoms with Crippen molar-refractivity contribution in [3.63, 3.8) is 0 Å². The minimum absolute atomic E-state index is 0.0453. The molecule has 0 aliphatic heterocycles. The molecule has 0 aromatic carbocycles. The molecule has 1 atom stereocenters. The second kappa shape index (κ2) is 7.79. The fraction of sp³-hybridized carbons (Fsp3) is 0.750. The van der Waals surface area contributed by atoms with E-state index in [0.29, 0.717) is 0 Å². The van der Waals surface area contributed by atoms with Crippen LogP contribution in [-0.2, 0) is 4.74 Å². The van der Waals surface area contributed by atoms with Gasteiger partial charge in [0.1, 0.15) is 0 Å². The molecule has 0 saturated heterocycles. The molecular formula is C16H26ClNOS. The first-order valence-electron chi connectivity index (χ1n) is 7.84. The van der Waals surface area contributed by atoms with Crippen molar-refractivity contribution in [1.82, 2.24) is 5.32 Å². The Balaban J connectivity index is 2.26. The molecule has 114 valence electrons. The highest BCUT2D eigenvalue weighted by molar-refractivity contribution is 7.16. The van der Waals surface area contributed by atoms with Crippen LogP contribution in [0.1, 0.15) is 63.3 Å². The van der Waals surface area contributed by atoms with E-state index in [1.807, 2.05) is 6.07 Å². The monoisotopic (exact) mass is 315 g/mol. The maximum atomic E-state index is 6.29. The molecule has 1 aliphatic rings. The van der Waals surface area contributed by atoms with E-state index in [4.69, 9.17) is 16.3 Å².